The lowest BCUT2D eigenvalue weighted by molar-refractivity contribution is 0.210. The lowest BCUT2D eigenvalue weighted by Gasteiger charge is -2.21. The maximum Gasteiger partial charge on any atom is 0.135 e. The highest BCUT2D eigenvalue weighted by Gasteiger charge is 2.25. The molecule has 0 aliphatic heterocycles. The fourth-order valence-electron chi connectivity index (χ4n) is 2.41. The quantitative estimate of drug-likeness (QED) is 0.592. The summed E-state index contributed by atoms with van der Waals surface area (Å²) >= 11 is 0. The second-order valence-electron chi connectivity index (χ2n) is 8.35. The first-order valence-electron chi connectivity index (χ1n) is 9.29. The van der Waals surface area contributed by atoms with Gasteiger partial charge in [0.15, 0.2) is 0 Å². The summed E-state index contributed by atoms with van der Waals surface area (Å²) in [6.07, 6.45) is 0. The molecule has 2 aromatic rings. The summed E-state index contributed by atoms with van der Waals surface area (Å²) in [6.45, 7) is 12.2. The highest BCUT2D eigenvalue weighted by molar-refractivity contribution is 7.86. The summed E-state index contributed by atoms with van der Waals surface area (Å²) in [5, 5.41) is 0. The zero-order valence-corrected chi connectivity index (χ0v) is 19.1. The number of benzene rings is 2. The molecule has 2 unspecified atom stereocenters. The Morgan fingerprint density at radius 2 is 0.964 bits per heavy atom. The molecule has 0 saturated carbocycles. The fraction of sp³-hybridized carbons (Fsp3) is 0.455. The molecule has 6 heteroatoms. The van der Waals surface area contributed by atoms with E-state index in [1.165, 1.54) is 0 Å². The number of hydrogen-bond donors (Lipinski definition) is 0. The lowest BCUT2D eigenvalue weighted by atomic mass is 10.3. The van der Waals surface area contributed by atoms with Crippen LogP contribution < -0.4 is 9.47 Å². The van der Waals surface area contributed by atoms with Crippen molar-refractivity contribution >= 4 is 21.6 Å². The molecule has 0 fully saturated rings. The van der Waals surface area contributed by atoms with Crippen LogP contribution in [0.3, 0.4) is 0 Å². The maximum absolute atomic E-state index is 12.7. The van der Waals surface area contributed by atoms with Gasteiger partial charge in [-0.25, -0.2) is 0 Å². The molecule has 0 saturated heterocycles. The van der Waals surface area contributed by atoms with Gasteiger partial charge < -0.3 is 9.47 Å². The summed E-state index contributed by atoms with van der Waals surface area (Å²) in [4.78, 5) is 1.37. The largest absolute Gasteiger partial charge is 0.489 e. The van der Waals surface area contributed by atoms with E-state index >= 15 is 0 Å². The SMILES string of the molecule is CC(C)(C)S(=O)c1ccccc1OCCOc1ccccc1S(=O)C(C)(C)C. The molecule has 0 N–H and O–H groups in total. The Morgan fingerprint density at radius 3 is 1.29 bits per heavy atom. The third kappa shape index (κ3) is 5.92. The second-order valence-corrected chi connectivity index (χ2v) is 12.8. The van der Waals surface area contributed by atoms with Crippen molar-refractivity contribution in [1.29, 1.82) is 0 Å². The third-order valence-electron chi connectivity index (χ3n) is 3.81. The van der Waals surface area contributed by atoms with Crippen LogP contribution in [0.2, 0.25) is 0 Å². The Kier molecular flexibility index (Phi) is 7.46. The van der Waals surface area contributed by atoms with Gasteiger partial charge in [0.25, 0.3) is 0 Å². The van der Waals surface area contributed by atoms with Crippen LogP contribution >= 0.6 is 0 Å². The van der Waals surface area contributed by atoms with Crippen molar-refractivity contribution in [3.8, 4) is 11.5 Å². The van der Waals surface area contributed by atoms with E-state index in [1.54, 1.807) is 0 Å². The van der Waals surface area contributed by atoms with E-state index in [4.69, 9.17) is 9.47 Å². The van der Waals surface area contributed by atoms with Crippen LogP contribution in [0, 0.1) is 0 Å². The molecule has 4 nitrogen and oxygen atoms in total. The molecule has 28 heavy (non-hydrogen) atoms. The number of ether oxygens (including phenoxy) is 2. The summed E-state index contributed by atoms with van der Waals surface area (Å²) in [6, 6.07) is 14.8. The van der Waals surface area contributed by atoms with E-state index in [9.17, 15) is 8.42 Å². The summed E-state index contributed by atoms with van der Waals surface area (Å²) in [7, 11) is -2.36. The second kappa shape index (κ2) is 9.23. The molecule has 0 bridgehead atoms. The van der Waals surface area contributed by atoms with E-state index in [2.05, 4.69) is 0 Å². The minimum atomic E-state index is -1.18. The zero-order valence-electron chi connectivity index (χ0n) is 17.5. The van der Waals surface area contributed by atoms with Gasteiger partial charge in [-0.05, 0) is 65.8 Å². The lowest BCUT2D eigenvalue weighted by Crippen LogP contribution is -2.23. The van der Waals surface area contributed by atoms with Crippen LogP contribution in [0.25, 0.3) is 0 Å². The van der Waals surface area contributed by atoms with Gasteiger partial charge in [0.1, 0.15) is 24.7 Å². The maximum atomic E-state index is 12.7. The molecule has 0 aliphatic rings. The van der Waals surface area contributed by atoms with Crippen molar-refractivity contribution < 1.29 is 17.9 Å². The third-order valence-corrected chi connectivity index (χ3v) is 7.51. The first-order valence-corrected chi connectivity index (χ1v) is 11.6. The summed E-state index contributed by atoms with van der Waals surface area (Å²) < 4.78 is 36.4. The molecule has 0 aromatic heterocycles. The fourth-order valence-corrected chi connectivity index (χ4v) is 4.75. The van der Waals surface area contributed by atoms with Crippen molar-refractivity contribution in [2.75, 3.05) is 13.2 Å². The molecular formula is C22H30O4S2. The first kappa shape index (κ1) is 22.6. The van der Waals surface area contributed by atoms with Crippen molar-refractivity contribution in [2.24, 2.45) is 0 Å². The Hall–Kier alpha value is -1.66. The van der Waals surface area contributed by atoms with E-state index in [0.717, 1.165) is 0 Å². The predicted octanol–water partition coefficient (Wildman–Crippen LogP) is 4.96. The summed E-state index contributed by atoms with van der Waals surface area (Å²) in [5.74, 6) is 1.21. The average molecular weight is 423 g/mol. The normalized spacial score (nSPS) is 14.4. The molecule has 0 spiro atoms. The smallest absolute Gasteiger partial charge is 0.135 e. The van der Waals surface area contributed by atoms with Gasteiger partial charge in [-0.2, -0.15) is 0 Å². The number of rotatable bonds is 7. The predicted molar refractivity (Wildman–Crippen MR) is 116 cm³/mol. The van der Waals surface area contributed by atoms with Crippen LogP contribution in [0.1, 0.15) is 41.5 Å². The molecule has 0 amide bonds. The first-order chi connectivity index (χ1) is 13.0. The Balaban J connectivity index is 2.04. The van der Waals surface area contributed by atoms with E-state index in [-0.39, 0.29) is 9.49 Å². The molecule has 154 valence electrons. The summed E-state index contributed by atoms with van der Waals surface area (Å²) in [5.41, 5.74) is 0. The number of para-hydroxylation sites is 2. The highest BCUT2D eigenvalue weighted by atomic mass is 32.2. The van der Waals surface area contributed by atoms with Crippen LogP contribution in [-0.4, -0.2) is 31.1 Å². The molecule has 2 rings (SSSR count). The van der Waals surface area contributed by atoms with E-state index in [1.807, 2.05) is 90.1 Å². The molecule has 0 radical (unpaired) electrons. The molecule has 2 atom stereocenters. The molecule has 2 aromatic carbocycles. The van der Waals surface area contributed by atoms with Crippen molar-refractivity contribution in [1.82, 2.24) is 0 Å². The number of hydrogen-bond acceptors (Lipinski definition) is 4. The van der Waals surface area contributed by atoms with Crippen LogP contribution in [0.5, 0.6) is 11.5 Å². The highest BCUT2D eigenvalue weighted by Crippen LogP contribution is 2.30. The van der Waals surface area contributed by atoms with Crippen LogP contribution in [0.4, 0.5) is 0 Å². The van der Waals surface area contributed by atoms with E-state index in [0.29, 0.717) is 34.5 Å². The monoisotopic (exact) mass is 422 g/mol. The van der Waals surface area contributed by atoms with Gasteiger partial charge in [-0.15, -0.1) is 0 Å². The van der Waals surface area contributed by atoms with Crippen molar-refractivity contribution in [2.45, 2.75) is 60.8 Å². The standard InChI is InChI=1S/C22H30O4S2/c1-21(2,3)27(23)19-13-9-7-11-17(19)25-15-16-26-18-12-8-10-14-20(18)28(24)22(4,5)6/h7-14H,15-16H2,1-6H3. The van der Waals surface area contributed by atoms with Crippen molar-refractivity contribution in [3.63, 3.8) is 0 Å². The Labute approximate surface area is 173 Å². The Bertz CT molecular complexity index is 777. The van der Waals surface area contributed by atoms with Gasteiger partial charge in [0, 0.05) is 9.49 Å². The molecule has 0 heterocycles. The van der Waals surface area contributed by atoms with Gasteiger partial charge >= 0.3 is 0 Å². The zero-order chi connectivity index (χ0) is 20.9. The Morgan fingerprint density at radius 1 is 0.643 bits per heavy atom. The minimum absolute atomic E-state index is 0.300. The average Bonchev–Trinajstić information content (AvgIpc) is 2.63. The van der Waals surface area contributed by atoms with Gasteiger partial charge in [0.05, 0.1) is 31.4 Å². The van der Waals surface area contributed by atoms with Crippen molar-refractivity contribution in [3.05, 3.63) is 48.5 Å². The van der Waals surface area contributed by atoms with Gasteiger partial charge in [-0.3, -0.25) is 8.42 Å². The van der Waals surface area contributed by atoms with Gasteiger partial charge in [0.2, 0.25) is 0 Å². The van der Waals surface area contributed by atoms with Gasteiger partial charge in [-0.1, -0.05) is 24.3 Å². The van der Waals surface area contributed by atoms with Crippen LogP contribution in [-0.2, 0) is 21.6 Å². The molecular weight excluding hydrogens is 392 g/mol. The van der Waals surface area contributed by atoms with Crippen LogP contribution in [0.15, 0.2) is 58.3 Å². The topological polar surface area (TPSA) is 52.6 Å². The van der Waals surface area contributed by atoms with E-state index < -0.39 is 21.6 Å². The minimum Gasteiger partial charge on any atom is -0.489 e. The molecule has 0 aliphatic carbocycles.